The molecule has 0 atom stereocenters. The summed E-state index contributed by atoms with van der Waals surface area (Å²) in [5.41, 5.74) is 0. The van der Waals surface area contributed by atoms with E-state index >= 15 is 0 Å². The van der Waals surface area contributed by atoms with Gasteiger partial charge in [-0.2, -0.15) is 0 Å². The fourth-order valence-electron chi connectivity index (χ4n) is 0.204. The van der Waals surface area contributed by atoms with E-state index in [1.54, 1.807) is 0 Å². The number of hydrogen-bond donors (Lipinski definition) is 1. The van der Waals surface area contributed by atoms with Crippen molar-refractivity contribution in [3.63, 3.8) is 0 Å². The Balaban J connectivity index is 0. The molecular weight excluding hydrogens is 106 g/mol. The van der Waals surface area contributed by atoms with Gasteiger partial charge in [-0.3, -0.25) is 0 Å². The smallest absolute Gasteiger partial charge is 0.0437 e. The number of hydrogen-bond acceptors (Lipinski definition) is 3. The zero-order valence-corrected chi connectivity index (χ0v) is 5.42. The normalized spacial score (nSPS) is 6.75. The lowest BCUT2D eigenvalue weighted by Gasteiger charge is -1.86. The summed E-state index contributed by atoms with van der Waals surface area (Å²) in [6, 6.07) is 0. The van der Waals surface area contributed by atoms with Crippen LogP contribution in [0.2, 0.25) is 0 Å². The Bertz CT molecular complexity index is 37.4. The van der Waals surface area contributed by atoms with Crippen LogP contribution in [0.4, 0.5) is 0 Å². The standard InChI is InChI=1S/C4H10O.CH3NO/c1-3-5-4-2;1-2-3/h3-4H2,1-2H3;3H,1H2. The quantitative estimate of drug-likeness (QED) is 0.336. The third kappa shape index (κ3) is 52.1. The van der Waals surface area contributed by atoms with Gasteiger partial charge in [0.25, 0.3) is 0 Å². The molecule has 0 fully saturated rings. The van der Waals surface area contributed by atoms with Crippen LogP contribution in [0.1, 0.15) is 13.8 Å². The van der Waals surface area contributed by atoms with Crippen molar-refractivity contribution in [3.8, 4) is 0 Å². The van der Waals surface area contributed by atoms with Gasteiger partial charge in [-0.1, -0.05) is 0 Å². The molecule has 3 heteroatoms. The molecule has 0 aromatic rings. The molecule has 0 amide bonds. The average molecular weight is 119 g/mol. The summed E-state index contributed by atoms with van der Waals surface area (Å²) in [6.07, 6.45) is 0. The molecule has 0 saturated carbocycles. The second kappa shape index (κ2) is 16.1. The molecule has 0 aromatic heterocycles. The second-order valence-corrected chi connectivity index (χ2v) is 0.923. The van der Waals surface area contributed by atoms with Crippen molar-refractivity contribution in [2.45, 2.75) is 13.8 Å². The highest BCUT2D eigenvalue weighted by Gasteiger charge is 1.64. The maximum absolute atomic E-state index is 7.08. The molecule has 0 spiro atoms. The van der Waals surface area contributed by atoms with Gasteiger partial charge in [0.05, 0.1) is 0 Å². The largest absolute Gasteiger partial charge is 0.411 e. The molecule has 8 heavy (non-hydrogen) atoms. The van der Waals surface area contributed by atoms with Crippen molar-refractivity contribution in [3.05, 3.63) is 0 Å². The van der Waals surface area contributed by atoms with Crippen LogP contribution in [0.15, 0.2) is 5.16 Å². The monoisotopic (exact) mass is 119 g/mol. The van der Waals surface area contributed by atoms with Gasteiger partial charge in [0, 0.05) is 19.9 Å². The highest BCUT2D eigenvalue weighted by molar-refractivity contribution is 5.20. The molecule has 0 aliphatic heterocycles. The van der Waals surface area contributed by atoms with E-state index in [-0.39, 0.29) is 0 Å². The van der Waals surface area contributed by atoms with Gasteiger partial charge < -0.3 is 9.94 Å². The van der Waals surface area contributed by atoms with Crippen LogP contribution in [0.3, 0.4) is 0 Å². The molecule has 0 saturated heterocycles. The van der Waals surface area contributed by atoms with Crippen LogP contribution in [-0.4, -0.2) is 25.1 Å². The minimum absolute atomic E-state index is 0.844. The van der Waals surface area contributed by atoms with E-state index in [1.165, 1.54) is 0 Å². The van der Waals surface area contributed by atoms with Crippen LogP contribution in [0, 0.1) is 0 Å². The lowest BCUT2D eigenvalue weighted by Crippen LogP contribution is -1.84. The van der Waals surface area contributed by atoms with Crippen molar-refractivity contribution in [2.24, 2.45) is 5.16 Å². The molecule has 0 rings (SSSR count). The van der Waals surface area contributed by atoms with Gasteiger partial charge in [-0.25, -0.2) is 0 Å². The van der Waals surface area contributed by atoms with Crippen LogP contribution in [-0.2, 0) is 4.74 Å². The van der Waals surface area contributed by atoms with Crippen LogP contribution in [0.25, 0.3) is 0 Å². The summed E-state index contributed by atoms with van der Waals surface area (Å²) in [5.74, 6) is 0. The molecule has 0 unspecified atom stereocenters. The van der Waals surface area contributed by atoms with Gasteiger partial charge in [-0.05, 0) is 13.8 Å². The number of ether oxygens (including phenoxy) is 1. The molecule has 0 heterocycles. The minimum atomic E-state index is 0.844. The van der Waals surface area contributed by atoms with E-state index in [4.69, 9.17) is 9.94 Å². The Morgan fingerprint density at radius 1 is 1.50 bits per heavy atom. The predicted molar refractivity (Wildman–Crippen MR) is 33.5 cm³/mol. The van der Waals surface area contributed by atoms with Gasteiger partial charge >= 0.3 is 0 Å². The Labute approximate surface area is 50.0 Å². The van der Waals surface area contributed by atoms with Gasteiger partial charge in [0.1, 0.15) is 0 Å². The van der Waals surface area contributed by atoms with Crippen molar-refractivity contribution in [2.75, 3.05) is 13.2 Å². The highest BCUT2D eigenvalue weighted by atomic mass is 16.5. The van der Waals surface area contributed by atoms with E-state index in [0.717, 1.165) is 13.2 Å². The Kier molecular flexibility index (Phi) is 21.0. The fraction of sp³-hybridized carbons (Fsp3) is 0.800. The minimum Gasteiger partial charge on any atom is -0.411 e. The van der Waals surface area contributed by atoms with Crippen molar-refractivity contribution < 1.29 is 9.94 Å². The number of rotatable bonds is 2. The van der Waals surface area contributed by atoms with Gasteiger partial charge in [0.15, 0.2) is 0 Å². The molecule has 0 aromatic carbocycles. The predicted octanol–water partition coefficient (Wildman–Crippen LogP) is 1.12. The third-order valence-corrected chi connectivity index (χ3v) is 0.408. The second-order valence-electron chi connectivity index (χ2n) is 0.923. The van der Waals surface area contributed by atoms with Crippen LogP contribution < -0.4 is 0 Å². The molecule has 0 radical (unpaired) electrons. The number of nitrogens with zero attached hydrogens (tertiary/aromatic N) is 1. The maximum atomic E-state index is 7.08. The van der Waals surface area contributed by atoms with Crippen molar-refractivity contribution in [1.29, 1.82) is 0 Å². The average Bonchev–Trinajstić information content (AvgIpc) is 1.71. The molecule has 3 nitrogen and oxygen atoms in total. The number of oxime groups is 1. The molecule has 0 aliphatic rings. The van der Waals surface area contributed by atoms with Gasteiger partial charge in [-0.15, -0.1) is 5.16 Å². The maximum Gasteiger partial charge on any atom is 0.0437 e. The Hall–Kier alpha value is -0.570. The summed E-state index contributed by atoms with van der Waals surface area (Å²) in [5, 5.41) is 9.33. The van der Waals surface area contributed by atoms with Crippen molar-refractivity contribution in [1.82, 2.24) is 0 Å². The topological polar surface area (TPSA) is 41.8 Å². The first-order chi connectivity index (χ1) is 3.83. The summed E-state index contributed by atoms with van der Waals surface area (Å²) >= 11 is 0. The molecule has 50 valence electrons. The first-order valence-corrected chi connectivity index (χ1v) is 2.51. The lowest BCUT2D eigenvalue weighted by atomic mass is 10.8. The molecule has 0 bridgehead atoms. The SMILES string of the molecule is C=NO.CCOCC. The zero-order valence-electron chi connectivity index (χ0n) is 5.42. The molecular formula is C5H13NO2. The Morgan fingerprint density at radius 2 is 1.75 bits per heavy atom. The van der Waals surface area contributed by atoms with E-state index in [9.17, 15) is 0 Å². The lowest BCUT2D eigenvalue weighted by molar-refractivity contribution is 0.162. The van der Waals surface area contributed by atoms with Crippen molar-refractivity contribution >= 4 is 6.72 Å². The highest BCUT2D eigenvalue weighted by Crippen LogP contribution is 1.64. The van der Waals surface area contributed by atoms with Crippen LogP contribution >= 0.6 is 0 Å². The Morgan fingerprint density at radius 3 is 1.75 bits per heavy atom. The third-order valence-electron chi connectivity index (χ3n) is 0.408. The van der Waals surface area contributed by atoms with E-state index < -0.39 is 0 Å². The fourth-order valence-corrected chi connectivity index (χ4v) is 0.204. The van der Waals surface area contributed by atoms with E-state index in [2.05, 4.69) is 11.9 Å². The molecule has 0 aliphatic carbocycles. The first-order valence-electron chi connectivity index (χ1n) is 2.51. The zero-order chi connectivity index (χ0) is 6.83. The van der Waals surface area contributed by atoms with E-state index in [1.807, 2.05) is 13.8 Å². The summed E-state index contributed by atoms with van der Waals surface area (Å²) in [7, 11) is 0. The summed E-state index contributed by atoms with van der Waals surface area (Å²) < 4.78 is 4.83. The summed E-state index contributed by atoms with van der Waals surface area (Å²) in [4.78, 5) is 0. The summed E-state index contributed by atoms with van der Waals surface area (Å²) in [6.45, 7) is 8.33. The van der Waals surface area contributed by atoms with E-state index in [0.29, 0.717) is 0 Å². The first kappa shape index (κ1) is 10.4. The molecule has 1 N–H and O–H groups in total. The van der Waals surface area contributed by atoms with Gasteiger partial charge in [0.2, 0.25) is 0 Å². The van der Waals surface area contributed by atoms with Crippen LogP contribution in [0.5, 0.6) is 0 Å².